The summed E-state index contributed by atoms with van der Waals surface area (Å²) in [5, 5.41) is 3.43. The van der Waals surface area contributed by atoms with Crippen LogP contribution >= 0.6 is 15.9 Å². The van der Waals surface area contributed by atoms with Crippen LogP contribution in [0.4, 0.5) is 5.69 Å². The molecular formula is C21H20BrNO. The van der Waals surface area contributed by atoms with Gasteiger partial charge in [-0.25, -0.2) is 0 Å². The minimum absolute atomic E-state index is 0.579. The van der Waals surface area contributed by atoms with E-state index < -0.39 is 0 Å². The van der Waals surface area contributed by atoms with Gasteiger partial charge in [-0.15, -0.1) is 0 Å². The van der Waals surface area contributed by atoms with E-state index in [1.165, 1.54) is 11.1 Å². The molecule has 0 aromatic heterocycles. The van der Waals surface area contributed by atoms with Gasteiger partial charge in [-0.05, 0) is 42.8 Å². The lowest BCUT2D eigenvalue weighted by Gasteiger charge is -2.13. The van der Waals surface area contributed by atoms with Crippen molar-refractivity contribution in [3.05, 3.63) is 94.0 Å². The molecule has 0 aliphatic rings. The van der Waals surface area contributed by atoms with Crippen LogP contribution in [0.5, 0.6) is 5.75 Å². The van der Waals surface area contributed by atoms with Gasteiger partial charge in [0.25, 0.3) is 0 Å². The number of anilines is 1. The molecule has 2 nitrogen and oxygen atoms in total. The first kappa shape index (κ1) is 16.6. The molecule has 0 radical (unpaired) electrons. The van der Waals surface area contributed by atoms with Gasteiger partial charge in [-0.2, -0.15) is 0 Å². The fraction of sp³-hybridized carbons (Fsp3) is 0.143. The maximum Gasteiger partial charge on any atom is 0.124 e. The van der Waals surface area contributed by atoms with E-state index in [9.17, 15) is 0 Å². The minimum Gasteiger partial charge on any atom is -0.489 e. The predicted molar refractivity (Wildman–Crippen MR) is 103 cm³/mol. The molecule has 0 bridgehead atoms. The third kappa shape index (κ3) is 4.62. The molecule has 0 spiro atoms. The van der Waals surface area contributed by atoms with Crippen LogP contribution in [0, 0.1) is 6.92 Å². The van der Waals surface area contributed by atoms with Crippen molar-refractivity contribution in [2.45, 2.75) is 20.1 Å². The summed E-state index contributed by atoms with van der Waals surface area (Å²) >= 11 is 3.45. The lowest BCUT2D eigenvalue weighted by atomic mass is 10.1. The van der Waals surface area contributed by atoms with Gasteiger partial charge in [0, 0.05) is 22.3 Å². The zero-order chi connectivity index (χ0) is 16.8. The van der Waals surface area contributed by atoms with Crippen molar-refractivity contribution in [3.8, 4) is 5.75 Å². The smallest absolute Gasteiger partial charge is 0.124 e. The van der Waals surface area contributed by atoms with Crippen LogP contribution in [-0.2, 0) is 13.2 Å². The Kier molecular flexibility index (Phi) is 5.55. The number of hydrogen-bond acceptors (Lipinski definition) is 2. The van der Waals surface area contributed by atoms with Gasteiger partial charge in [0.1, 0.15) is 12.4 Å². The molecule has 3 aromatic carbocycles. The zero-order valence-corrected chi connectivity index (χ0v) is 15.2. The van der Waals surface area contributed by atoms with Gasteiger partial charge in [0.2, 0.25) is 0 Å². The second kappa shape index (κ2) is 8.02. The number of benzene rings is 3. The Hall–Kier alpha value is -2.26. The third-order valence-electron chi connectivity index (χ3n) is 3.81. The zero-order valence-electron chi connectivity index (χ0n) is 13.6. The van der Waals surface area contributed by atoms with Crippen LogP contribution in [0.15, 0.2) is 77.3 Å². The van der Waals surface area contributed by atoms with Crippen molar-refractivity contribution >= 4 is 21.6 Å². The second-order valence-corrected chi connectivity index (χ2v) is 6.66. The van der Waals surface area contributed by atoms with Gasteiger partial charge in [-0.1, -0.05) is 64.0 Å². The van der Waals surface area contributed by atoms with Crippen LogP contribution in [0.25, 0.3) is 0 Å². The second-order valence-electron chi connectivity index (χ2n) is 5.74. The summed E-state index contributed by atoms with van der Waals surface area (Å²) in [6, 6.07) is 24.8. The molecule has 122 valence electrons. The summed E-state index contributed by atoms with van der Waals surface area (Å²) in [5.41, 5.74) is 4.67. The van der Waals surface area contributed by atoms with Gasteiger partial charge >= 0.3 is 0 Å². The summed E-state index contributed by atoms with van der Waals surface area (Å²) in [4.78, 5) is 0. The first-order valence-corrected chi connectivity index (χ1v) is 8.76. The first-order valence-electron chi connectivity index (χ1n) is 7.96. The van der Waals surface area contributed by atoms with Gasteiger partial charge in [0.05, 0.1) is 0 Å². The first-order chi connectivity index (χ1) is 11.7. The predicted octanol–water partition coefficient (Wildman–Crippen LogP) is 5.95. The summed E-state index contributed by atoms with van der Waals surface area (Å²) in [5.74, 6) is 0.919. The van der Waals surface area contributed by atoms with Crippen LogP contribution in [-0.4, -0.2) is 0 Å². The number of ether oxygens (including phenoxy) is 1. The van der Waals surface area contributed by atoms with Gasteiger partial charge in [-0.3, -0.25) is 0 Å². The fourth-order valence-electron chi connectivity index (χ4n) is 2.40. The Morgan fingerprint density at radius 1 is 0.875 bits per heavy atom. The fourth-order valence-corrected chi connectivity index (χ4v) is 2.67. The van der Waals surface area contributed by atoms with Crippen molar-refractivity contribution in [2.75, 3.05) is 5.32 Å². The number of rotatable bonds is 6. The Morgan fingerprint density at radius 3 is 2.33 bits per heavy atom. The lowest BCUT2D eigenvalue weighted by molar-refractivity contribution is 0.303. The van der Waals surface area contributed by atoms with E-state index in [2.05, 4.69) is 70.6 Å². The summed E-state index contributed by atoms with van der Waals surface area (Å²) in [6.07, 6.45) is 0. The molecule has 1 N–H and O–H groups in total. The van der Waals surface area contributed by atoms with Crippen molar-refractivity contribution in [1.29, 1.82) is 0 Å². The molecule has 0 fully saturated rings. The van der Waals surface area contributed by atoms with Crippen molar-refractivity contribution in [1.82, 2.24) is 0 Å². The highest BCUT2D eigenvalue weighted by molar-refractivity contribution is 9.10. The van der Waals surface area contributed by atoms with Crippen molar-refractivity contribution in [3.63, 3.8) is 0 Å². The number of halogens is 1. The standard InChI is InChI=1S/C21H20BrNO/c1-16-6-8-17(9-7-16)15-24-21-5-3-2-4-18(21)14-23-20-12-10-19(22)11-13-20/h2-13,23H,14-15H2,1H3. The number of hydrogen-bond donors (Lipinski definition) is 1. The van der Waals surface area contributed by atoms with E-state index in [4.69, 9.17) is 4.74 Å². The van der Waals surface area contributed by atoms with Crippen LogP contribution < -0.4 is 10.1 Å². The highest BCUT2D eigenvalue weighted by atomic mass is 79.9. The molecule has 3 aromatic rings. The monoisotopic (exact) mass is 381 g/mol. The minimum atomic E-state index is 0.579. The molecule has 0 atom stereocenters. The molecule has 0 saturated heterocycles. The quantitative estimate of drug-likeness (QED) is 0.569. The molecule has 3 rings (SSSR count). The molecule has 0 heterocycles. The van der Waals surface area contributed by atoms with E-state index in [0.717, 1.165) is 28.0 Å². The maximum atomic E-state index is 6.02. The summed E-state index contributed by atoms with van der Waals surface area (Å²) in [6.45, 7) is 3.40. The van der Waals surface area contributed by atoms with E-state index in [1.807, 2.05) is 30.3 Å². The third-order valence-corrected chi connectivity index (χ3v) is 4.34. The molecule has 0 saturated carbocycles. The van der Waals surface area contributed by atoms with Crippen LogP contribution in [0.1, 0.15) is 16.7 Å². The highest BCUT2D eigenvalue weighted by Gasteiger charge is 2.04. The largest absolute Gasteiger partial charge is 0.489 e. The molecule has 0 amide bonds. The highest BCUT2D eigenvalue weighted by Crippen LogP contribution is 2.21. The molecule has 24 heavy (non-hydrogen) atoms. The van der Waals surface area contributed by atoms with Crippen LogP contribution in [0.2, 0.25) is 0 Å². The molecular weight excluding hydrogens is 362 g/mol. The SMILES string of the molecule is Cc1ccc(COc2ccccc2CNc2ccc(Br)cc2)cc1. The van der Waals surface area contributed by atoms with E-state index in [-0.39, 0.29) is 0 Å². The van der Waals surface area contributed by atoms with E-state index in [1.54, 1.807) is 0 Å². The lowest BCUT2D eigenvalue weighted by Crippen LogP contribution is -2.03. The van der Waals surface area contributed by atoms with Gasteiger partial charge < -0.3 is 10.1 Å². The van der Waals surface area contributed by atoms with E-state index >= 15 is 0 Å². The van der Waals surface area contributed by atoms with Gasteiger partial charge in [0.15, 0.2) is 0 Å². The molecule has 0 aliphatic heterocycles. The Balaban J connectivity index is 1.64. The van der Waals surface area contributed by atoms with Crippen LogP contribution in [0.3, 0.4) is 0 Å². The number of nitrogens with one attached hydrogen (secondary N) is 1. The van der Waals surface area contributed by atoms with Crippen molar-refractivity contribution < 1.29 is 4.74 Å². The average molecular weight is 382 g/mol. The van der Waals surface area contributed by atoms with E-state index in [0.29, 0.717) is 6.61 Å². The average Bonchev–Trinajstić information content (AvgIpc) is 2.61. The maximum absolute atomic E-state index is 6.02. The Morgan fingerprint density at radius 2 is 1.58 bits per heavy atom. The normalized spacial score (nSPS) is 10.4. The molecule has 0 unspecified atom stereocenters. The topological polar surface area (TPSA) is 21.3 Å². The summed E-state index contributed by atoms with van der Waals surface area (Å²) in [7, 11) is 0. The summed E-state index contributed by atoms with van der Waals surface area (Å²) < 4.78 is 7.10. The Labute approximate surface area is 151 Å². The molecule has 0 aliphatic carbocycles. The molecule has 3 heteroatoms. The number of para-hydroxylation sites is 1. The Bertz CT molecular complexity index is 713. The van der Waals surface area contributed by atoms with Crippen molar-refractivity contribution in [2.24, 2.45) is 0 Å². The number of aryl methyl sites for hydroxylation is 1.